The number of esters is 1. The number of carbonyl (C=O) groups excluding carboxylic acids is 7. The first-order valence-corrected chi connectivity index (χ1v) is 29.6. The summed E-state index contributed by atoms with van der Waals surface area (Å²) in [5.74, 6) is 8.87. The van der Waals surface area contributed by atoms with Gasteiger partial charge in [0.2, 0.25) is 11.8 Å². The molecule has 2 aliphatic carbocycles. The Morgan fingerprint density at radius 3 is 1.37 bits per heavy atom. The molecule has 0 unspecified atom stereocenters. The topological polar surface area (TPSA) is 203 Å². The van der Waals surface area contributed by atoms with E-state index in [1.54, 1.807) is 28.8 Å². The molecule has 6 amide bonds. The maximum atomic E-state index is 13.6. The average molecular weight is 1300 g/mol. The van der Waals surface area contributed by atoms with E-state index >= 15 is 0 Å². The number of aliphatic carboxylic acids is 1. The molecule has 2 atom stereocenters. The third kappa shape index (κ3) is 19.2. The minimum Gasteiger partial charge on any atom is -0.480 e. The number of carboxylic acids is 1. The van der Waals surface area contributed by atoms with E-state index in [1.165, 1.54) is 17.0 Å². The number of halogens is 4. The highest BCUT2D eigenvalue weighted by Crippen LogP contribution is 2.37. The largest absolute Gasteiger partial charge is 0.480 e. The summed E-state index contributed by atoms with van der Waals surface area (Å²) in [5, 5.41) is 14.8. The Morgan fingerprint density at radius 1 is 0.598 bits per heavy atom. The van der Waals surface area contributed by atoms with E-state index in [2.05, 4.69) is 34.3 Å². The van der Waals surface area contributed by atoms with Crippen molar-refractivity contribution in [1.29, 1.82) is 0 Å². The third-order valence-corrected chi connectivity index (χ3v) is 16.2. The number of hydrogen-bond donors (Lipinski definition) is 3. The van der Waals surface area contributed by atoms with Crippen molar-refractivity contribution < 1.29 is 48.2 Å². The van der Waals surface area contributed by atoms with Gasteiger partial charge in [-0.3, -0.25) is 28.8 Å². The predicted molar refractivity (Wildman–Crippen MR) is 345 cm³/mol. The van der Waals surface area contributed by atoms with Gasteiger partial charge in [0, 0.05) is 76.1 Å². The van der Waals surface area contributed by atoms with Crippen molar-refractivity contribution in [1.82, 2.24) is 30.2 Å². The van der Waals surface area contributed by atoms with Gasteiger partial charge in [0.05, 0.1) is 44.3 Å². The second-order valence-electron chi connectivity index (χ2n) is 21.3. The molecule has 2 saturated carbocycles. The predicted octanol–water partition coefficient (Wildman–Crippen LogP) is 9.94. The molecule has 5 aromatic carbocycles. The number of carbonyl (C=O) groups is 8. The molecule has 0 bridgehead atoms. The van der Waals surface area contributed by atoms with Crippen LogP contribution >= 0.6 is 73.4 Å². The average Bonchev–Trinajstić information content (AvgIpc) is 1.89. The molecule has 0 aromatic heterocycles. The molecule has 16 nitrogen and oxygen atoms in total. The van der Waals surface area contributed by atoms with Crippen LogP contribution in [-0.2, 0) is 56.5 Å². The van der Waals surface area contributed by atoms with Crippen LogP contribution in [0, 0.1) is 35.5 Å². The molecule has 4 aliphatic rings. The summed E-state index contributed by atoms with van der Waals surface area (Å²) < 4.78 is 5.54. The van der Waals surface area contributed by atoms with Gasteiger partial charge in [-0.05, 0) is 91.3 Å². The van der Waals surface area contributed by atoms with E-state index in [0.29, 0.717) is 86.2 Å². The number of carboxylic acid groups (broad SMARTS) is 1. The van der Waals surface area contributed by atoms with Gasteiger partial charge < -0.3 is 40.1 Å². The van der Waals surface area contributed by atoms with Gasteiger partial charge >= 0.3 is 11.9 Å². The van der Waals surface area contributed by atoms with Gasteiger partial charge in [-0.15, -0.1) is 0 Å². The molecular weight excluding hydrogens is 1230 g/mol. The quantitative estimate of drug-likeness (QED) is 0.0497. The van der Waals surface area contributed by atoms with Gasteiger partial charge in [-0.1, -0.05) is 161 Å². The molecule has 2 fully saturated rings. The lowest BCUT2D eigenvalue weighted by atomic mass is 9.95. The van der Waals surface area contributed by atoms with Crippen molar-refractivity contribution >= 4 is 121 Å². The van der Waals surface area contributed by atoms with Crippen molar-refractivity contribution in [2.75, 3.05) is 40.3 Å². The number of nitrogens with zero attached hydrogens (tertiary/aromatic N) is 4. The van der Waals surface area contributed by atoms with Gasteiger partial charge in [0.25, 0.3) is 23.6 Å². The molecule has 458 valence electrons. The zero-order chi connectivity index (χ0) is 60.7. The van der Waals surface area contributed by atoms with Crippen LogP contribution in [-0.4, -0.2) is 124 Å². The van der Waals surface area contributed by atoms with Crippen LogP contribution in [0.2, 0.25) is 20.1 Å². The van der Waals surface area contributed by atoms with Crippen LogP contribution in [0.5, 0.6) is 0 Å². The molecular formula is C65H68Cl4N6O10S2. The molecule has 2 aliphatic heterocycles. The number of nitrogens with one attached hydrogen (secondary N) is 2. The first-order chi connectivity index (χ1) is 40.9. The molecule has 3 N–H and O–H groups in total. The minimum atomic E-state index is -1.34. The maximum absolute atomic E-state index is 13.6. The fraction of sp³-hybridized carbons (Fsp3) is 0.354. The Kier molecular flexibility index (Phi) is 25.9. The molecule has 9 rings (SSSR count). The van der Waals surface area contributed by atoms with Crippen molar-refractivity contribution in [2.24, 2.45) is 11.8 Å². The second-order valence-corrected chi connectivity index (χ2v) is 22.9. The Hall–Kier alpha value is -7.16. The number of benzene rings is 5. The second kappa shape index (κ2) is 32.7. The summed E-state index contributed by atoms with van der Waals surface area (Å²) in [6.07, 6.45) is 5.02. The van der Waals surface area contributed by atoms with Crippen LogP contribution in [0.15, 0.2) is 103 Å². The maximum Gasteiger partial charge on any atom is 0.328 e. The highest BCUT2D eigenvalue weighted by atomic mass is 35.5. The van der Waals surface area contributed by atoms with E-state index < -0.39 is 35.8 Å². The molecule has 2 heterocycles. The van der Waals surface area contributed by atoms with E-state index in [4.69, 9.17) is 51.1 Å². The normalized spacial score (nSPS) is 14.4. The van der Waals surface area contributed by atoms with Crippen molar-refractivity contribution in [3.8, 4) is 23.7 Å². The summed E-state index contributed by atoms with van der Waals surface area (Å²) in [6, 6.07) is 28.5. The highest BCUT2D eigenvalue weighted by Gasteiger charge is 2.34. The lowest BCUT2D eigenvalue weighted by Crippen LogP contribution is -2.43. The zero-order valence-corrected chi connectivity index (χ0v) is 53.1. The van der Waals surface area contributed by atoms with Crippen LogP contribution in [0.3, 0.4) is 0 Å². The van der Waals surface area contributed by atoms with Crippen LogP contribution in [0.1, 0.15) is 121 Å². The smallest absolute Gasteiger partial charge is 0.328 e. The fourth-order valence-corrected chi connectivity index (χ4v) is 11.0. The molecule has 5 aromatic rings. The Morgan fingerprint density at radius 2 is 0.977 bits per heavy atom. The lowest BCUT2D eigenvalue weighted by molar-refractivity contribution is -0.147. The molecule has 0 spiro atoms. The molecule has 0 saturated heterocycles. The van der Waals surface area contributed by atoms with Gasteiger partial charge in [-0.2, -0.15) is 27.0 Å². The lowest BCUT2D eigenvalue weighted by Gasteiger charge is -2.28. The molecule has 22 heteroatoms. The van der Waals surface area contributed by atoms with E-state index in [-0.39, 0.29) is 114 Å². The van der Waals surface area contributed by atoms with Gasteiger partial charge in [-0.25, -0.2) is 9.59 Å². The van der Waals surface area contributed by atoms with Crippen molar-refractivity contribution in [3.63, 3.8) is 0 Å². The Bertz CT molecular complexity index is 3480. The number of hydrogen-bond acceptors (Lipinski definition) is 9. The van der Waals surface area contributed by atoms with Crippen LogP contribution < -0.4 is 10.6 Å². The Balaban J connectivity index is 0.000000275. The SMILES string of the molecule is CN(Cc1ccccc1)C(=O)CC[C@H](NC(=O)c1c(Cl)cc2c(c1Cl)CCN(CC#CC1CC1)C2=O)C(=O)O.CN(Cc1ccccc1)C(=O)CC[C@H](NC(=O)c1c(Cl)cc2c(c1Cl)CCN(CC#CC1CC1)C2=O)C(=O)OCc1ccccc1.S.S. The third-order valence-electron chi connectivity index (χ3n) is 14.8. The standard InChI is InChI=1S/C36H35Cl2N3O5.C29H29Cl2N3O5.2H2S/c1-40(22-25-9-4-2-5-10-25)31(42)17-16-30(36(45)46-23-26-11-6-3-7-12-26)39-34(43)32-29(37)21-28-27(33(32)38)18-20-41(35(28)44)19-8-13-24-14-15-24;1-33(17-19-6-3-2-4-7-19)24(35)12-11-23(29(38)39)32-27(36)25-22(30)16-21-20(26(25)31)13-15-34(28(21)37)14-5-8-18-9-10-18;;/h2-7,9-12,21,24,30H,14-20,22-23H2,1H3,(H,39,43);2-4,6-7,16,18,23H,9-15,17H2,1H3,(H,32,36)(H,38,39);2*1H2/t30-;23-;;/m00../s1. The van der Waals surface area contributed by atoms with E-state index in [0.717, 1.165) is 42.4 Å². The first-order valence-electron chi connectivity index (χ1n) is 28.0. The van der Waals surface area contributed by atoms with E-state index in [9.17, 15) is 43.5 Å². The van der Waals surface area contributed by atoms with Crippen molar-refractivity contribution in [3.05, 3.63) is 173 Å². The van der Waals surface area contributed by atoms with Crippen molar-refractivity contribution in [2.45, 2.75) is 96.0 Å². The Labute approximate surface area is 540 Å². The van der Waals surface area contributed by atoms with Crippen LogP contribution in [0.4, 0.5) is 0 Å². The van der Waals surface area contributed by atoms with E-state index in [1.807, 2.05) is 91.0 Å². The fourth-order valence-electron chi connectivity index (χ4n) is 9.58. The first kappa shape index (κ1) is 68.9. The zero-order valence-electron chi connectivity index (χ0n) is 48.1. The number of amides is 6. The van der Waals surface area contributed by atoms with Gasteiger partial charge in [0.1, 0.15) is 18.7 Å². The summed E-state index contributed by atoms with van der Waals surface area (Å²) in [7, 11) is 3.32. The highest BCUT2D eigenvalue weighted by molar-refractivity contribution is 7.59. The number of ether oxygens (including phenoxy) is 1. The summed E-state index contributed by atoms with van der Waals surface area (Å²) in [5.41, 5.74) is 4.21. The number of fused-ring (bicyclic) bond motifs is 2. The summed E-state index contributed by atoms with van der Waals surface area (Å²) >= 11 is 26.2. The molecule has 0 radical (unpaired) electrons. The number of rotatable bonds is 20. The summed E-state index contributed by atoms with van der Waals surface area (Å²) in [4.78, 5) is 110. The monoisotopic (exact) mass is 1300 g/mol. The molecule has 87 heavy (non-hydrogen) atoms. The minimum absolute atomic E-state index is 0. The van der Waals surface area contributed by atoms with Crippen LogP contribution in [0.25, 0.3) is 0 Å². The summed E-state index contributed by atoms with van der Waals surface area (Å²) in [6.45, 7) is 2.21. The van der Waals surface area contributed by atoms with Gasteiger partial charge in [0.15, 0.2) is 0 Å².